The fourth-order valence-corrected chi connectivity index (χ4v) is 2.64. The van der Waals surface area contributed by atoms with Crippen molar-refractivity contribution in [1.82, 2.24) is 0 Å². The zero-order chi connectivity index (χ0) is 14.3. The molecule has 1 aromatic rings. The number of hydrogen-bond acceptors (Lipinski definition) is 2. The summed E-state index contributed by atoms with van der Waals surface area (Å²) in [5.41, 5.74) is 8.68. The molecule has 0 aliphatic heterocycles. The minimum absolute atomic E-state index is 0.310. The van der Waals surface area contributed by atoms with Gasteiger partial charge in [-0.2, -0.15) is 0 Å². The first-order valence-electron chi connectivity index (χ1n) is 7.47. The summed E-state index contributed by atoms with van der Waals surface area (Å²) in [5.74, 6) is 1.05. The quantitative estimate of drug-likeness (QED) is 0.712. The van der Waals surface area contributed by atoms with Crippen LogP contribution in [0.4, 0.5) is 0 Å². The summed E-state index contributed by atoms with van der Waals surface area (Å²) in [7, 11) is 0. The predicted octanol–water partition coefficient (Wildman–Crippen LogP) is 4.23. The molecule has 0 saturated heterocycles. The molecule has 0 aliphatic carbocycles. The maximum Gasteiger partial charge on any atom is 0.125 e. The van der Waals surface area contributed by atoms with E-state index in [-0.39, 0.29) is 0 Å². The first kappa shape index (κ1) is 16.0. The van der Waals surface area contributed by atoms with E-state index in [0.717, 1.165) is 44.6 Å². The van der Waals surface area contributed by atoms with Crippen molar-refractivity contribution in [2.45, 2.75) is 53.4 Å². The van der Waals surface area contributed by atoms with E-state index in [1.165, 1.54) is 11.1 Å². The van der Waals surface area contributed by atoms with Gasteiger partial charge in [0.15, 0.2) is 0 Å². The van der Waals surface area contributed by atoms with E-state index in [9.17, 15) is 0 Å². The molecule has 0 heterocycles. The van der Waals surface area contributed by atoms with Gasteiger partial charge in [0, 0.05) is 0 Å². The third-order valence-electron chi connectivity index (χ3n) is 4.44. The highest BCUT2D eigenvalue weighted by Gasteiger charge is 2.23. The van der Waals surface area contributed by atoms with Gasteiger partial charge in [0.1, 0.15) is 5.75 Å². The summed E-state index contributed by atoms with van der Waals surface area (Å²) in [6, 6.07) is 6.28. The second-order valence-corrected chi connectivity index (χ2v) is 5.58. The van der Waals surface area contributed by atoms with E-state index in [1.807, 2.05) is 0 Å². The molecule has 1 rings (SSSR count). The molecule has 2 nitrogen and oxygen atoms in total. The highest BCUT2D eigenvalue weighted by atomic mass is 16.5. The van der Waals surface area contributed by atoms with Gasteiger partial charge >= 0.3 is 0 Å². The molecule has 0 atom stereocenters. The highest BCUT2D eigenvalue weighted by molar-refractivity contribution is 5.39. The van der Waals surface area contributed by atoms with Crippen molar-refractivity contribution in [3.05, 3.63) is 29.3 Å². The van der Waals surface area contributed by atoms with Crippen LogP contribution in [0.1, 0.15) is 50.7 Å². The van der Waals surface area contributed by atoms with Crippen LogP contribution in [0.2, 0.25) is 0 Å². The van der Waals surface area contributed by atoms with Crippen molar-refractivity contribution >= 4 is 0 Å². The average molecular weight is 263 g/mol. The van der Waals surface area contributed by atoms with E-state index in [1.54, 1.807) is 0 Å². The second kappa shape index (κ2) is 7.54. The lowest BCUT2D eigenvalue weighted by Gasteiger charge is -2.30. The standard InChI is InChI=1S/C17H29NO/c1-5-17(6-2,13-18)11-8-12-19-16-14(3)9-7-10-15(16)4/h7,9-10H,5-6,8,11-13,18H2,1-4H3. The molecule has 0 bridgehead atoms. The average Bonchev–Trinajstić information content (AvgIpc) is 2.42. The summed E-state index contributed by atoms with van der Waals surface area (Å²) >= 11 is 0. The minimum Gasteiger partial charge on any atom is -0.493 e. The van der Waals surface area contributed by atoms with Gasteiger partial charge < -0.3 is 10.5 Å². The minimum atomic E-state index is 0.310. The molecule has 0 saturated carbocycles. The van der Waals surface area contributed by atoms with Gasteiger partial charge in [-0.1, -0.05) is 32.0 Å². The Kier molecular flexibility index (Phi) is 6.36. The van der Waals surface area contributed by atoms with Gasteiger partial charge in [0.05, 0.1) is 6.61 Å². The Morgan fingerprint density at radius 2 is 1.68 bits per heavy atom. The SMILES string of the molecule is CCC(CC)(CN)CCCOc1c(C)cccc1C. The lowest BCUT2D eigenvalue weighted by atomic mass is 9.78. The first-order valence-corrected chi connectivity index (χ1v) is 7.47. The van der Waals surface area contributed by atoms with Crippen molar-refractivity contribution in [3.8, 4) is 5.75 Å². The van der Waals surface area contributed by atoms with Gasteiger partial charge in [-0.05, 0) is 62.6 Å². The van der Waals surface area contributed by atoms with E-state index in [2.05, 4.69) is 45.9 Å². The lowest BCUT2D eigenvalue weighted by molar-refractivity contribution is 0.212. The topological polar surface area (TPSA) is 35.2 Å². The molecule has 19 heavy (non-hydrogen) atoms. The van der Waals surface area contributed by atoms with Crippen molar-refractivity contribution in [2.75, 3.05) is 13.2 Å². The van der Waals surface area contributed by atoms with Crippen molar-refractivity contribution < 1.29 is 4.74 Å². The monoisotopic (exact) mass is 263 g/mol. The molecule has 0 fully saturated rings. The summed E-state index contributed by atoms with van der Waals surface area (Å²) in [5, 5.41) is 0. The van der Waals surface area contributed by atoms with Crippen LogP contribution in [0, 0.1) is 19.3 Å². The van der Waals surface area contributed by atoms with Crippen LogP contribution in [0.5, 0.6) is 5.75 Å². The number of ether oxygens (including phenoxy) is 1. The summed E-state index contributed by atoms with van der Waals surface area (Å²) in [6.07, 6.45) is 4.54. The predicted molar refractivity (Wildman–Crippen MR) is 82.7 cm³/mol. The number of nitrogens with two attached hydrogens (primary N) is 1. The lowest BCUT2D eigenvalue weighted by Crippen LogP contribution is -2.29. The maximum absolute atomic E-state index is 5.96. The van der Waals surface area contributed by atoms with Crippen LogP contribution in [0.25, 0.3) is 0 Å². The molecular formula is C17H29NO. The molecule has 2 N–H and O–H groups in total. The van der Waals surface area contributed by atoms with Gasteiger partial charge in [-0.3, -0.25) is 0 Å². The van der Waals surface area contributed by atoms with Crippen LogP contribution in [0.3, 0.4) is 0 Å². The zero-order valence-electron chi connectivity index (χ0n) is 13.0. The Labute approximate surface area is 118 Å². The largest absolute Gasteiger partial charge is 0.493 e. The van der Waals surface area contributed by atoms with Crippen LogP contribution >= 0.6 is 0 Å². The molecule has 0 amide bonds. The van der Waals surface area contributed by atoms with Gasteiger partial charge in [-0.25, -0.2) is 0 Å². The third kappa shape index (κ3) is 4.24. The van der Waals surface area contributed by atoms with E-state index in [0.29, 0.717) is 5.41 Å². The highest BCUT2D eigenvalue weighted by Crippen LogP contribution is 2.31. The van der Waals surface area contributed by atoms with Crippen LogP contribution in [0.15, 0.2) is 18.2 Å². The molecule has 0 spiro atoms. The Morgan fingerprint density at radius 1 is 1.11 bits per heavy atom. The fourth-order valence-electron chi connectivity index (χ4n) is 2.64. The zero-order valence-corrected chi connectivity index (χ0v) is 13.0. The summed E-state index contributed by atoms with van der Waals surface area (Å²) < 4.78 is 5.96. The summed E-state index contributed by atoms with van der Waals surface area (Å²) in [4.78, 5) is 0. The molecule has 0 aliphatic rings. The van der Waals surface area contributed by atoms with Crippen LogP contribution < -0.4 is 10.5 Å². The Bertz CT molecular complexity index is 354. The molecule has 1 aromatic carbocycles. The maximum atomic E-state index is 5.96. The fraction of sp³-hybridized carbons (Fsp3) is 0.647. The molecule has 0 radical (unpaired) electrons. The Hall–Kier alpha value is -1.02. The Balaban J connectivity index is 2.47. The van der Waals surface area contributed by atoms with Gasteiger partial charge in [0.25, 0.3) is 0 Å². The first-order chi connectivity index (χ1) is 9.08. The normalized spacial score (nSPS) is 11.6. The van der Waals surface area contributed by atoms with Gasteiger partial charge in [-0.15, -0.1) is 0 Å². The van der Waals surface area contributed by atoms with Crippen LogP contribution in [-0.2, 0) is 0 Å². The molecule has 0 aromatic heterocycles. The molecule has 0 unspecified atom stereocenters. The number of para-hydroxylation sites is 1. The third-order valence-corrected chi connectivity index (χ3v) is 4.44. The van der Waals surface area contributed by atoms with E-state index >= 15 is 0 Å². The number of rotatable bonds is 8. The van der Waals surface area contributed by atoms with E-state index in [4.69, 9.17) is 10.5 Å². The molecular weight excluding hydrogens is 234 g/mol. The number of benzene rings is 1. The van der Waals surface area contributed by atoms with Crippen molar-refractivity contribution in [3.63, 3.8) is 0 Å². The van der Waals surface area contributed by atoms with Gasteiger partial charge in [0.2, 0.25) is 0 Å². The summed E-state index contributed by atoms with van der Waals surface area (Å²) in [6.45, 7) is 10.2. The number of hydrogen-bond donors (Lipinski definition) is 1. The van der Waals surface area contributed by atoms with E-state index < -0.39 is 0 Å². The number of aryl methyl sites for hydroxylation is 2. The van der Waals surface area contributed by atoms with Crippen LogP contribution in [-0.4, -0.2) is 13.2 Å². The van der Waals surface area contributed by atoms with Crippen molar-refractivity contribution in [1.29, 1.82) is 0 Å². The molecule has 2 heteroatoms. The molecule has 108 valence electrons. The second-order valence-electron chi connectivity index (χ2n) is 5.58. The Morgan fingerprint density at radius 3 is 2.16 bits per heavy atom. The smallest absolute Gasteiger partial charge is 0.125 e. The van der Waals surface area contributed by atoms with Crippen molar-refractivity contribution in [2.24, 2.45) is 11.1 Å².